The van der Waals surface area contributed by atoms with Crippen molar-refractivity contribution in [2.75, 3.05) is 26.2 Å². The minimum absolute atomic E-state index is 0.302. The Morgan fingerprint density at radius 1 is 1.71 bits per heavy atom. The summed E-state index contributed by atoms with van der Waals surface area (Å²) < 4.78 is 5.53. The lowest BCUT2D eigenvalue weighted by Gasteiger charge is -2.21. The van der Waals surface area contributed by atoms with Crippen molar-refractivity contribution in [3.63, 3.8) is 0 Å². The van der Waals surface area contributed by atoms with Crippen LogP contribution in [0.4, 0.5) is 0 Å². The Bertz CT molecular complexity index is 202. The molecule has 2 N–H and O–H groups in total. The molecule has 0 bridgehead atoms. The molecule has 0 aromatic rings. The van der Waals surface area contributed by atoms with Crippen LogP contribution in [0.25, 0.3) is 0 Å². The smallest absolute Gasteiger partial charge is 0.0940 e. The van der Waals surface area contributed by atoms with E-state index >= 15 is 0 Å². The van der Waals surface area contributed by atoms with Gasteiger partial charge in [-0.15, -0.1) is 0 Å². The molecule has 1 heterocycles. The van der Waals surface area contributed by atoms with E-state index in [9.17, 15) is 0 Å². The molecule has 0 aromatic carbocycles. The van der Waals surface area contributed by atoms with Crippen molar-refractivity contribution >= 4 is 0 Å². The number of nitriles is 1. The minimum Gasteiger partial charge on any atom is -0.377 e. The number of nitrogens with two attached hydrogens (primary N) is 1. The summed E-state index contributed by atoms with van der Waals surface area (Å²) in [6.45, 7) is 5.85. The number of ether oxygens (including phenoxy) is 1. The van der Waals surface area contributed by atoms with E-state index in [1.165, 1.54) is 0 Å². The Morgan fingerprint density at radius 3 is 3.21 bits per heavy atom. The molecular weight excluding hydrogens is 178 g/mol. The van der Waals surface area contributed by atoms with Gasteiger partial charge in [-0.2, -0.15) is 5.26 Å². The largest absolute Gasteiger partial charge is 0.377 e. The van der Waals surface area contributed by atoms with Crippen molar-refractivity contribution in [3.05, 3.63) is 0 Å². The third-order valence-electron chi connectivity index (χ3n) is 2.46. The first-order valence-corrected chi connectivity index (χ1v) is 5.21. The molecule has 1 rings (SSSR count). The highest BCUT2D eigenvalue weighted by atomic mass is 16.5. The maximum Gasteiger partial charge on any atom is 0.0940 e. The second-order valence-electron chi connectivity index (χ2n) is 3.86. The van der Waals surface area contributed by atoms with E-state index in [4.69, 9.17) is 15.7 Å². The first kappa shape index (κ1) is 11.4. The number of hydrogen-bond donors (Lipinski definition) is 1. The zero-order chi connectivity index (χ0) is 10.4. The molecule has 1 aliphatic heterocycles. The van der Waals surface area contributed by atoms with Crippen LogP contribution in [0.5, 0.6) is 0 Å². The highest BCUT2D eigenvalue weighted by Gasteiger charge is 2.15. The monoisotopic (exact) mass is 197 g/mol. The van der Waals surface area contributed by atoms with Crippen LogP contribution in [0, 0.1) is 11.3 Å². The molecule has 0 aliphatic carbocycles. The predicted octanol–water partition coefficient (Wildman–Crippen LogP) is 0.338. The Hall–Kier alpha value is -0.630. The minimum atomic E-state index is -0.325. The first-order valence-electron chi connectivity index (χ1n) is 5.21. The second-order valence-corrected chi connectivity index (χ2v) is 3.86. The van der Waals surface area contributed by atoms with E-state index in [1.807, 2.05) is 0 Å². The van der Waals surface area contributed by atoms with Crippen LogP contribution in [0.1, 0.15) is 19.8 Å². The summed E-state index contributed by atoms with van der Waals surface area (Å²) >= 11 is 0. The van der Waals surface area contributed by atoms with Gasteiger partial charge in [0.25, 0.3) is 0 Å². The number of nitrogens with zero attached hydrogens (tertiary/aromatic N) is 2. The molecular formula is C10H19N3O. The van der Waals surface area contributed by atoms with Crippen LogP contribution in [0.15, 0.2) is 0 Å². The van der Waals surface area contributed by atoms with Gasteiger partial charge in [0.1, 0.15) is 0 Å². The van der Waals surface area contributed by atoms with E-state index in [0.717, 1.165) is 39.1 Å². The average molecular weight is 197 g/mol. The van der Waals surface area contributed by atoms with Gasteiger partial charge in [-0.05, 0) is 19.8 Å². The van der Waals surface area contributed by atoms with E-state index in [1.54, 1.807) is 0 Å². The van der Waals surface area contributed by atoms with Gasteiger partial charge in [-0.25, -0.2) is 0 Å². The van der Waals surface area contributed by atoms with Crippen LogP contribution < -0.4 is 5.73 Å². The molecule has 2 unspecified atom stereocenters. The third-order valence-corrected chi connectivity index (χ3v) is 2.46. The molecule has 1 fully saturated rings. The van der Waals surface area contributed by atoms with Crippen molar-refractivity contribution in [2.45, 2.75) is 31.9 Å². The second kappa shape index (κ2) is 5.97. The summed E-state index contributed by atoms with van der Waals surface area (Å²) in [7, 11) is 0. The summed E-state index contributed by atoms with van der Waals surface area (Å²) in [4.78, 5) is 2.33. The quantitative estimate of drug-likeness (QED) is 0.708. The average Bonchev–Trinajstić information content (AvgIpc) is 2.39. The van der Waals surface area contributed by atoms with Gasteiger partial charge in [0.15, 0.2) is 0 Å². The molecule has 0 aromatic heterocycles. The maximum atomic E-state index is 8.55. The Kier molecular flexibility index (Phi) is 4.88. The number of rotatable bonds is 3. The van der Waals surface area contributed by atoms with Crippen molar-refractivity contribution in [1.29, 1.82) is 5.26 Å². The molecule has 0 saturated carbocycles. The van der Waals surface area contributed by atoms with Crippen molar-refractivity contribution in [1.82, 2.24) is 4.90 Å². The van der Waals surface area contributed by atoms with Crippen LogP contribution >= 0.6 is 0 Å². The van der Waals surface area contributed by atoms with Crippen molar-refractivity contribution in [3.8, 4) is 6.07 Å². The predicted molar refractivity (Wildman–Crippen MR) is 54.7 cm³/mol. The van der Waals surface area contributed by atoms with Crippen molar-refractivity contribution < 1.29 is 4.74 Å². The fourth-order valence-electron chi connectivity index (χ4n) is 1.67. The van der Waals surface area contributed by atoms with Gasteiger partial charge in [-0.1, -0.05) is 0 Å². The molecule has 0 radical (unpaired) electrons. The van der Waals surface area contributed by atoms with Gasteiger partial charge in [0, 0.05) is 26.2 Å². The van der Waals surface area contributed by atoms with Gasteiger partial charge in [0.05, 0.1) is 18.2 Å². The van der Waals surface area contributed by atoms with Gasteiger partial charge in [0.2, 0.25) is 0 Å². The maximum absolute atomic E-state index is 8.55. The SMILES string of the molecule is CC1CN(CCC(N)C#N)CCCO1. The number of hydrogen-bond acceptors (Lipinski definition) is 4. The molecule has 2 atom stereocenters. The third kappa shape index (κ3) is 4.05. The van der Waals surface area contributed by atoms with Crippen LogP contribution in [-0.2, 0) is 4.74 Å². The molecule has 0 amide bonds. The van der Waals surface area contributed by atoms with Gasteiger partial charge in [-0.3, -0.25) is 0 Å². The summed E-state index contributed by atoms with van der Waals surface area (Å²) in [5, 5.41) is 8.55. The molecule has 0 spiro atoms. The topological polar surface area (TPSA) is 62.3 Å². The summed E-state index contributed by atoms with van der Waals surface area (Å²) in [5.74, 6) is 0. The van der Waals surface area contributed by atoms with Crippen LogP contribution in [-0.4, -0.2) is 43.3 Å². The van der Waals surface area contributed by atoms with E-state index in [-0.39, 0.29) is 6.04 Å². The Morgan fingerprint density at radius 2 is 2.50 bits per heavy atom. The molecule has 4 nitrogen and oxygen atoms in total. The lowest BCUT2D eigenvalue weighted by Crippen LogP contribution is -2.34. The van der Waals surface area contributed by atoms with E-state index in [2.05, 4.69) is 17.9 Å². The van der Waals surface area contributed by atoms with E-state index in [0.29, 0.717) is 6.10 Å². The summed E-state index contributed by atoms with van der Waals surface area (Å²) in [6.07, 6.45) is 2.13. The van der Waals surface area contributed by atoms with Crippen molar-refractivity contribution in [2.24, 2.45) is 5.73 Å². The zero-order valence-corrected chi connectivity index (χ0v) is 8.78. The summed E-state index contributed by atoms with van der Waals surface area (Å²) in [5.41, 5.74) is 5.54. The summed E-state index contributed by atoms with van der Waals surface area (Å²) in [6, 6.07) is 1.73. The Balaban J connectivity index is 2.25. The van der Waals surface area contributed by atoms with Gasteiger partial charge >= 0.3 is 0 Å². The Labute approximate surface area is 85.6 Å². The molecule has 1 saturated heterocycles. The molecule has 80 valence electrons. The highest BCUT2D eigenvalue weighted by Crippen LogP contribution is 2.06. The fraction of sp³-hybridized carbons (Fsp3) is 0.900. The van der Waals surface area contributed by atoms with E-state index < -0.39 is 0 Å². The normalized spacial score (nSPS) is 26.5. The molecule has 1 aliphatic rings. The molecule has 4 heteroatoms. The zero-order valence-electron chi connectivity index (χ0n) is 8.78. The van der Waals surface area contributed by atoms with Crippen LogP contribution in [0.3, 0.4) is 0 Å². The molecule has 14 heavy (non-hydrogen) atoms. The fourth-order valence-corrected chi connectivity index (χ4v) is 1.67. The lowest BCUT2D eigenvalue weighted by molar-refractivity contribution is 0.0675. The van der Waals surface area contributed by atoms with Gasteiger partial charge < -0.3 is 15.4 Å². The standard InChI is InChI=1S/C10H19N3O/c1-9-8-13(4-2-6-14-9)5-3-10(12)7-11/h9-10H,2-6,8,12H2,1H3. The van der Waals surface area contributed by atoms with Crippen LogP contribution in [0.2, 0.25) is 0 Å². The highest BCUT2D eigenvalue weighted by molar-refractivity contribution is 4.87. The lowest BCUT2D eigenvalue weighted by atomic mass is 10.2. The first-order chi connectivity index (χ1) is 6.72.